The average molecular weight is 422 g/mol. The molecule has 0 atom stereocenters. The summed E-state index contributed by atoms with van der Waals surface area (Å²) in [4.78, 5) is 18.8. The smallest absolute Gasteiger partial charge is 0.222 e. The van der Waals surface area contributed by atoms with E-state index in [2.05, 4.69) is 50.1 Å². The van der Waals surface area contributed by atoms with E-state index < -0.39 is 0 Å². The summed E-state index contributed by atoms with van der Waals surface area (Å²) in [6, 6.07) is 18.7. The Morgan fingerprint density at radius 2 is 1.48 bits per heavy atom. The lowest BCUT2D eigenvalue weighted by Crippen LogP contribution is -2.38. The van der Waals surface area contributed by atoms with E-state index in [1.807, 2.05) is 30.3 Å². The van der Waals surface area contributed by atoms with Crippen molar-refractivity contribution in [3.63, 3.8) is 0 Å². The topological polar surface area (TPSA) is 68.8 Å². The van der Waals surface area contributed by atoms with Gasteiger partial charge in [0.25, 0.3) is 0 Å². The third-order valence-electron chi connectivity index (χ3n) is 5.54. The van der Waals surface area contributed by atoms with E-state index in [-0.39, 0.29) is 5.91 Å². The molecule has 1 aliphatic heterocycles. The fourth-order valence-electron chi connectivity index (χ4n) is 3.72. The fraction of sp³-hybridized carbons (Fsp3) is 0.440. The second-order valence-corrected chi connectivity index (χ2v) is 8.02. The molecule has 1 fully saturated rings. The first kappa shape index (κ1) is 22.8. The van der Waals surface area contributed by atoms with E-state index in [0.717, 1.165) is 12.1 Å². The summed E-state index contributed by atoms with van der Waals surface area (Å²) in [6.45, 7) is 5.27. The maximum absolute atomic E-state index is 12.0. The van der Waals surface area contributed by atoms with Gasteiger partial charge in [0.2, 0.25) is 5.91 Å². The summed E-state index contributed by atoms with van der Waals surface area (Å²) < 4.78 is 0. The Kier molecular flexibility index (Phi) is 9.38. The molecule has 6 nitrogen and oxygen atoms in total. The number of benzene rings is 2. The van der Waals surface area contributed by atoms with Crippen molar-refractivity contribution in [2.45, 2.75) is 45.3 Å². The average Bonchev–Trinajstić information content (AvgIpc) is 2.82. The maximum Gasteiger partial charge on any atom is 0.222 e. The van der Waals surface area contributed by atoms with Crippen LogP contribution < -0.4 is 16.0 Å². The molecule has 3 N–H and O–H groups in total. The Bertz CT molecular complexity index is 814. The van der Waals surface area contributed by atoms with Crippen LogP contribution in [0.15, 0.2) is 59.6 Å². The van der Waals surface area contributed by atoms with Crippen LogP contribution in [0.2, 0.25) is 0 Å². The van der Waals surface area contributed by atoms with Crippen LogP contribution >= 0.6 is 0 Å². The molecule has 1 heterocycles. The lowest BCUT2D eigenvalue weighted by molar-refractivity contribution is -0.121. The molecule has 2 aromatic carbocycles. The molecular weight excluding hydrogens is 386 g/mol. The number of nitrogens with zero attached hydrogens (tertiary/aromatic N) is 2. The van der Waals surface area contributed by atoms with E-state index >= 15 is 0 Å². The molecule has 2 aromatic rings. The van der Waals surface area contributed by atoms with Gasteiger partial charge in [-0.1, -0.05) is 61.0 Å². The molecule has 0 aromatic heterocycles. The number of hydrogen-bond acceptors (Lipinski definition) is 3. The number of guanidine groups is 1. The van der Waals surface area contributed by atoms with Gasteiger partial charge in [-0.25, -0.2) is 0 Å². The van der Waals surface area contributed by atoms with Crippen molar-refractivity contribution >= 4 is 11.9 Å². The molecule has 0 bridgehead atoms. The van der Waals surface area contributed by atoms with Gasteiger partial charge in [0.15, 0.2) is 5.96 Å². The van der Waals surface area contributed by atoms with Gasteiger partial charge in [0, 0.05) is 39.6 Å². The first-order valence-corrected chi connectivity index (χ1v) is 11.3. The number of nitrogens with one attached hydrogen (secondary N) is 3. The van der Waals surface area contributed by atoms with Crippen LogP contribution in [0.25, 0.3) is 0 Å². The van der Waals surface area contributed by atoms with Crippen LogP contribution in [0.5, 0.6) is 0 Å². The lowest BCUT2D eigenvalue weighted by atomic mass is 10.1. The van der Waals surface area contributed by atoms with Crippen LogP contribution in [0.3, 0.4) is 0 Å². The van der Waals surface area contributed by atoms with E-state index in [1.165, 1.54) is 43.5 Å². The van der Waals surface area contributed by atoms with Crippen molar-refractivity contribution in [3.8, 4) is 0 Å². The summed E-state index contributed by atoms with van der Waals surface area (Å²) in [5.74, 6) is 0.726. The molecule has 31 heavy (non-hydrogen) atoms. The number of aliphatic imine (C=N–C) groups is 1. The fourth-order valence-corrected chi connectivity index (χ4v) is 3.72. The normalized spacial score (nSPS) is 14.8. The summed E-state index contributed by atoms with van der Waals surface area (Å²) in [6.07, 6.45) is 4.42. The van der Waals surface area contributed by atoms with Crippen molar-refractivity contribution < 1.29 is 4.79 Å². The Balaban J connectivity index is 1.32. The Morgan fingerprint density at radius 3 is 2.19 bits per heavy atom. The molecule has 6 heteroatoms. The van der Waals surface area contributed by atoms with Gasteiger partial charge < -0.3 is 16.0 Å². The highest BCUT2D eigenvalue weighted by Crippen LogP contribution is 2.13. The van der Waals surface area contributed by atoms with Crippen molar-refractivity contribution in [2.75, 3.05) is 26.7 Å². The van der Waals surface area contributed by atoms with E-state index in [1.54, 1.807) is 7.05 Å². The standard InChI is InChI=1S/C25H35N5O/c1-26-25(27-15-14-24(31)28-18-21-8-4-2-5-9-21)29-19-22-10-12-23(13-11-22)20-30-16-6-3-7-17-30/h2,4-5,8-13H,3,6-7,14-20H2,1H3,(H,28,31)(H2,26,27,29). The Hall–Kier alpha value is -2.86. The van der Waals surface area contributed by atoms with E-state index in [9.17, 15) is 4.79 Å². The molecule has 0 spiro atoms. The van der Waals surface area contributed by atoms with Crippen molar-refractivity contribution in [1.29, 1.82) is 0 Å². The third kappa shape index (κ3) is 8.42. The quantitative estimate of drug-likeness (QED) is 0.430. The van der Waals surface area contributed by atoms with Gasteiger partial charge in [-0.3, -0.25) is 14.7 Å². The number of likely N-dealkylation sites (tertiary alicyclic amines) is 1. The monoisotopic (exact) mass is 421 g/mol. The minimum atomic E-state index is 0.0242. The second kappa shape index (κ2) is 12.7. The van der Waals surface area contributed by atoms with Crippen LogP contribution in [0, 0.1) is 0 Å². The summed E-state index contributed by atoms with van der Waals surface area (Å²) in [5, 5.41) is 9.46. The highest BCUT2D eigenvalue weighted by Gasteiger charge is 2.10. The van der Waals surface area contributed by atoms with E-state index in [0.29, 0.717) is 32.0 Å². The van der Waals surface area contributed by atoms with Gasteiger partial charge in [-0.2, -0.15) is 0 Å². The first-order valence-electron chi connectivity index (χ1n) is 11.3. The number of rotatable bonds is 9. The molecule has 0 radical (unpaired) electrons. The summed E-state index contributed by atoms with van der Waals surface area (Å²) >= 11 is 0. The van der Waals surface area contributed by atoms with Crippen LogP contribution in [-0.2, 0) is 24.4 Å². The highest BCUT2D eigenvalue weighted by atomic mass is 16.1. The predicted octanol–water partition coefficient (Wildman–Crippen LogP) is 3.04. The zero-order valence-corrected chi connectivity index (χ0v) is 18.6. The number of carbonyl (C=O) groups excluding carboxylic acids is 1. The van der Waals surface area contributed by atoms with Gasteiger partial charge >= 0.3 is 0 Å². The zero-order valence-electron chi connectivity index (χ0n) is 18.6. The number of piperidine rings is 1. The molecule has 0 aliphatic carbocycles. The minimum Gasteiger partial charge on any atom is -0.356 e. The molecule has 1 saturated heterocycles. The summed E-state index contributed by atoms with van der Waals surface area (Å²) in [7, 11) is 1.74. The largest absolute Gasteiger partial charge is 0.356 e. The predicted molar refractivity (Wildman–Crippen MR) is 127 cm³/mol. The van der Waals surface area contributed by atoms with Crippen LogP contribution in [0.4, 0.5) is 0 Å². The van der Waals surface area contributed by atoms with Crippen molar-refractivity contribution in [1.82, 2.24) is 20.9 Å². The Labute approximate surface area is 186 Å². The van der Waals surface area contributed by atoms with E-state index in [4.69, 9.17) is 0 Å². The first-order chi connectivity index (χ1) is 15.2. The second-order valence-electron chi connectivity index (χ2n) is 8.02. The number of carbonyl (C=O) groups is 1. The minimum absolute atomic E-state index is 0.0242. The SMILES string of the molecule is CN=C(NCCC(=O)NCc1ccccc1)NCc1ccc(CN2CCCCC2)cc1. The molecule has 3 rings (SSSR count). The third-order valence-corrected chi connectivity index (χ3v) is 5.54. The molecule has 166 valence electrons. The lowest BCUT2D eigenvalue weighted by Gasteiger charge is -2.26. The van der Waals surface area contributed by atoms with Crippen molar-refractivity contribution in [2.24, 2.45) is 4.99 Å². The van der Waals surface area contributed by atoms with Gasteiger partial charge in [0.1, 0.15) is 0 Å². The number of amides is 1. The van der Waals surface area contributed by atoms with Gasteiger partial charge in [-0.15, -0.1) is 0 Å². The Morgan fingerprint density at radius 1 is 0.839 bits per heavy atom. The molecule has 1 aliphatic rings. The molecule has 1 amide bonds. The van der Waals surface area contributed by atoms with Gasteiger partial charge in [0.05, 0.1) is 0 Å². The molecule has 0 unspecified atom stereocenters. The molecule has 0 saturated carbocycles. The van der Waals surface area contributed by atoms with Gasteiger partial charge in [-0.05, 0) is 42.6 Å². The highest BCUT2D eigenvalue weighted by molar-refractivity contribution is 5.81. The van der Waals surface area contributed by atoms with Crippen LogP contribution in [0.1, 0.15) is 42.4 Å². The van der Waals surface area contributed by atoms with Crippen LogP contribution in [-0.4, -0.2) is 43.4 Å². The number of hydrogen-bond donors (Lipinski definition) is 3. The summed E-state index contributed by atoms with van der Waals surface area (Å²) in [5.41, 5.74) is 3.68. The van der Waals surface area contributed by atoms with Crippen molar-refractivity contribution in [3.05, 3.63) is 71.3 Å². The molecular formula is C25H35N5O. The zero-order chi connectivity index (χ0) is 21.7. The maximum atomic E-state index is 12.0.